The van der Waals surface area contributed by atoms with Crippen LogP contribution in [0.5, 0.6) is 0 Å². The smallest absolute Gasteiger partial charge is 0.245 e. The number of allylic oxidation sites excluding steroid dienone is 1. The van der Waals surface area contributed by atoms with Crippen molar-refractivity contribution in [3.05, 3.63) is 58.2 Å². The van der Waals surface area contributed by atoms with Crippen LogP contribution in [0, 0.1) is 5.41 Å². The maximum atomic E-state index is 13.9. The number of likely N-dealkylation sites (tertiary alicyclic amines) is 1. The second-order valence-electron chi connectivity index (χ2n) is 11.0. The Morgan fingerprint density at radius 3 is 2.80 bits per heavy atom. The van der Waals surface area contributed by atoms with Gasteiger partial charge in [-0.15, -0.1) is 0 Å². The van der Waals surface area contributed by atoms with Gasteiger partial charge in [0.1, 0.15) is 16.8 Å². The predicted octanol–water partition coefficient (Wildman–Crippen LogP) is 3.18. The van der Waals surface area contributed by atoms with Gasteiger partial charge in [0.2, 0.25) is 5.91 Å². The molecule has 0 N–H and O–H groups in total. The topological polar surface area (TPSA) is 132 Å². The number of Topliss-reactive ketones (excluding diaryl/α,β-unsaturated/α-hetero) is 2. The zero-order valence-electron chi connectivity index (χ0n) is 21.9. The number of hydrogen-bond acceptors (Lipinski definition) is 8. The van der Waals surface area contributed by atoms with Crippen molar-refractivity contribution in [2.75, 3.05) is 11.5 Å². The van der Waals surface area contributed by atoms with Crippen molar-refractivity contribution in [2.24, 2.45) is 5.41 Å². The Hall–Kier alpha value is -3.25. The van der Waals surface area contributed by atoms with Crippen molar-refractivity contribution >= 4 is 60.2 Å². The summed E-state index contributed by atoms with van der Waals surface area (Å²) in [6.07, 6.45) is 8.70. The van der Waals surface area contributed by atoms with Crippen molar-refractivity contribution in [2.45, 2.75) is 57.7 Å². The lowest BCUT2D eigenvalue weighted by Gasteiger charge is -2.27. The number of piperidine rings is 1. The van der Waals surface area contributed by atoms with Crippen LogP contribution < -0.4 is 0 Å². The molecular formula is C28H28BrN5O5S. The van der Waals surface area contributed by atoms with Crippen LogP contribution in [0.2, 0.25) is 0 Å². The molecule has 12 heteroatoms. The fourth-order valence-electron chi connectivity index (χ4n) is 6.22. The lowest BCUT2D eigenvalue weighted by atomic mass is 9.92. The molecule has 0 radical (unpaired) electrons. The Labute approximate surface area is 239 Å². The summed E-state index contributed by atoms with van der Waals surface area (Å²) < 4.78 is 27.7. The highest BCUT2D eigenvalue weighted by Crippen LogP contribution is 2.62. The quantitative estimate of drug-likeness (QED) is 0.320. The highest BCUT2D eigenvalue weighted by Gasteiger charge is 2.66. The minimum atomic E-state index is -3.30. The van der Waals surface area contributed by atoms with Crippen molar-refractivity contribution in [3.8, 4) is 0 Å². The highest BCUT2D eigenvalue weighted by atomic mass is 79.9. The van der Waals surface area contributed by atoms with Gasteiger partial charge in [-0.2, -0.15) is 5.10 Å². The molecule has 3 atom stereocenters. The third kappa shape index (κ3) is 4.91. The van der Waals surface area contributed by atoms with Gasteiger partial charge in [0.25, 0.3) is 0 Å². The van der Waals surface area contributed by atoms with Crippen molar-refractivity contribution in [1.82, 2.24) is 24.6 Å². The minimum absolute atomic E-state index is 0.0306. The number of aromatic nitrogens is 4. The van der Waals surface area contributed by atoms with Crippen molar-refractivity contribution < 1.29 is 22.8 Å². The second kappa shape index (κ2) is 9.99. The summed E-state index contributed by atoms with van der Waals surface area (Å²) in [6, 6.07) is 4.41. The molecule has 5 heterocycles. The molecule has 1 aliphatic carbocycles. The average molecular weight is 627 g/mol. The highest BCUT2D eigenvalue weighted by molar-refractivity contribution is 9.10. The maximum absolute atomic E-state index is 13.9. The van der Waals surface area contributed by atoms with Crippen LogP contribution in [-0.2, 0) is 32.4 Å². The Morgan fingerprint density at radius 2 is 2.00 bits per heavy atom. The summed E-state index contributed by atoms with van der Waals surface area (Å²) in [5.74, 6) is -0.559. The number of nitrogens with zero attached hydrogens (tertiary/aromatic N) is 5. The first-order valence-corrected chi connectivity index (χ1v) is 15.9. The Balaban J connectivity index is 1.35. The van der Waals surface area contributed by atoms with Gasteiger partial charge in [0.15, 0.2) is 21.4 Å². The molecule has 1 saturated carbocycles. The van der Waals surface area contributed by atoms with E-state index in [1.54, 1.807) is 29.4 Å². The molecule has 2 fully saturated rings. The molecule has 0 aromatic carbocycles. The fourth-order valence-corrected chi connectivity index (χ4v) is 7.98. The van der Waals surface area contributed by atoms with Gasteiger partial charge < -0.3 is 4.90 Å². The number of ketones is 2. The molecule has 3 aromatic heterocycles. The van der Waals surface area contributed by atoms with E-state index in [4.69, 9.17) is 0 Å². The third-order valence-corrected chi connectivity index (χ3v) is 10.5. The molecule has 208 valence electrons. The first-order valence-electron chi connectivity index (χ1n) is 13.2. The minimum Gasteiger partial charge on any atom is -0.327 e. The number of carbonyl (C=O) groups excluding carboxylic acids is 3. The van der Waals surface area contributed by atoms with E-state index < -0.39 is 21.3 Å². The van der Waals surface area contributed by atoms with Crippen LogP contribution in [0.3, 0.4) is 0 Å². The molecule has 2 bridgehead atoms. The van der Waals surface area contributed by atoms with Gasteiger partial charge in [-0.3, -0.25) is 24.0 Å². The Kier molecular flexibility index (Phi) is 6.73. The number of hydrogen-bond donors (Lipinski definition) is 0. The van der Waals surface area contributed by atoms with E-state index in [0.29, 0.717) is 46.9 Å². The van der Waals surface area contributed by atoms with Gasteiger partial charge in [-0.05, 0) is 64.7 Å². The fraction of sp³-hybridized carbons (Fsp3) is 0.429. The first-order chi connectivity index (χ1) is 19.1. The second-order valence-corrected chi connectivity index (χ2v) is 14.1. The lowest BCUT2D eigenvalue weighted by molar-refractivity contribution is -0.139. The molecule has 1 amide bonds. The zero-order valence-corrected chi connectivity index (χ0v) is 24.3. The largest absolute Gasteiger partial charge is 0.327 e. The normalized spacial score (nSPS) is 25.8. The number of rotatable bonds is 3. The van der Waals surface area contributed by atoms with Crippen molar-refractivity contribution in [3.63, 3.8) is 0 Å². The zero-order chi connectivity index (χ0) is 28.2. The third-order valence-electron chi connectivity index (χ3n) is 8.37. The standard InChI is InChI=1S/C28H28BrN5O5S/c1-17(35)27-19-7-9-30-15-22(19)33(32-27)16-26(37)34-21-13-28(14-24(28)34)8-11-40(38,39)10-3-2-4-18-5-6-25(29)31-20(18)12-23(21)36/h2,4-7,9,15,21,24H,3,8,10-14,16H2,1H3/t21-,24+,28-/m0/s1. The molecule has 10 nitrogen and oxygen atoms in total. The number of halogens is 1. The summed E-state index contributed by atoms with van der Waals surface area (Å²) in [5.41, 5.74) is 1.75. The molecule has 40 heavy (non-hydrogen) atoms. The number of amides is 1. The summed E-state index contributed by atoms with van der Waals surface area (Å²) in [6.45, 7) is 1.26. The Morgan fingerprint density at radius 1 is 1.18 bits per heavy atom. The van der Waals surface area contributed by atoms with E-state index in [9.17, 15) is 22.8 Å². The Bertz CT molecular complexity index is 1700. The van der Waals surface area contributed by atoms with Crippen molar-refractivity contribution in [1.29, 1.82) is 0 Å². The van der Waals surface area contributed by atoms with E-state index in [1.165, 1.54) is 11.6 Å². The first kappa shape index (κ1) is 26.9. The van der Waals surface area contributed by atoms with Gasteiger partial charge in [-0.25, -0.2) is 13.4 Å². The predicted molar refractivity (Wildman–Crippen MR) is 151 cm³/mol. The number of fused-ring (bicyclic) bond motifs is 3. The van der Waals surface area contributed by atoms with Gasteiger partial charge in [0.05, 0.1) is 41.4 Å². The number of pyridine rings is 2. The summed E-state index contributed by atoms with van der Waals surface area (Å²) in [7, 11) is -3.30. The van der Waals surface area contributed by atoms with Crippen LogP contribution in [-0.4, -0.2) is 74.1 Å². The summed E-state index contributed by atoms with van der Waals surface area (Å²) >= 11 is 3.39. The van der Waals surface area contributed by atoms with E-state index in [1.807, 2.05) is 18.2 Å². The molecule has 2 aliphatic heterocycles. The molecule has 3 aromatic rings. The van der Waals surface area contributed by atoms with E-state index in [-0.39, 0.29) is 53.7 Å². The number of sulfone groups is 1. The number of carbonyl (C=O) groups is 3. The maximum Gasteiger partial charge on any atom is 0.245 e. The van der Waals surface area contributed by atoms with Crippen LogP contribution in [0.1, 0.15) is 54.4 Å². The van der Waals surface area contributed by atoms with Crippen LogP contribution in [0.4, 0.5) is 0 Å². The van der Waals surface area contributed by atoms with Gasteiger partial charge in [0, 0.05) is 24.5 Å². The van der Waals surface area contributed by atoms with Gasteiger partial charge >= 0.3 is 0 Å². The monoisotopic (exact) mass is 625 g/mol. The SMILES string of the molecule is CC(=O)c1nn(CC(=O)N2[C@H]3C[C@@]4(CCS(=O)(=O)CCC=Cc5ccc(Br)nc5CC3=O)C[C@@H]24)c2cnccc12. The molecular weight excluding hydrogens is 598 g/mol. The summed E-state index contributed by atoms with van der Waals surface area (Å²) in [5, 5.41) is 5.02. The van der Waals surface area contributed by atoms with Crippen LogP contribution in [0.15, 0.2) is 41.3 Å². The molecule has 6 rings (SSSR count). The van der Waals surface area contributed by atoms with Crippen LogP contribution in [0.25, 0.3) is 17.0 Å². The lowest BCUT2D eigenvalue weighted by Crippen LogP contribution is -2.45. The summed E-state index contributed by atoms with van der Waals surface area (Å²) in [4.78, 5) is 50.2. The van der Waals surface area contributed by atoms with Gasteiger partial charge in [-0.1, -0.05) is 18.2 Å². The molecule has 1 saturated heterocycles. The van der Waals surface area contributed by atoms with E-state index >= 15 is 0 Å². The average Bonchev–Trinajstić information content (AvgIpc) is 3.33. The molecule has 0 unspecified atom stereocenters. The van der Waals surface area contributed by atoms with Crippen LogP contribution >= 0.6 is 15.9 Å². The van der Waals surface area contributed by atoms with E-state index in [2.05, 4.69) is 31.0 Å². The molecule has 1 spiro atoms. The van der Waals surface area contributed by atoms with E-state index in [0.717, 1.165) is 5.56 Å². The molecule has 3 aliphatic rings.